The van der Waals surface area contributed by atoms with E-state index in [2.05, 4.69) is 20.4 Å². The van der Waals surface area contributed by atoms with Gasteiger partial charge in [-0.05, 0) is 12.0 Å². The Bertz CT molecular complexity index is 938. The summed E-state index contributed by atoms with van der Waals surface area (Å²) in [6, 6.07) is 9.91. The average Bonchev–Trinajstić information content (AvgIpc) is 3.05. The first kappa shape index (κ1) is 18.2. The van der Waals surface area contributed by atoms with Gasteiger partial charge in [0, 0.05) is 6.54 Å². The molecule has 26 heavy (non-hydrogen) atoms. The van der Waals surface area contributed by atoms with Crippen LogP contribution in [0.5, 0.6) is 0 Å². The number of rotatable bonds is 8. The summed E-state index contributed by atoms with van der Waals surface area (Å²) < 4.78 is 1.47. The average molecular weight is 373 g/mol. The minimum atomic E-state index is -0.314. The number of nitrogens with zero attached hydrogens (tertiary/aromatic N) is 3. The Morgan fingerprint density at radius 3 is 2.88 bits per heavy atom. The smallest absolute Gasteiger partial charge is 0.262 e. The number of hydrogen-bond donors (Lipinski definition) is 3. The van der Waals surface area contributed by atoms with Crippen LogP contribution in [0, 0.1) is 0 Å². The molecule has 1 aromatic carbocycles. The lowest BCUT2D eigenvalue weighted by molar-refractivity contribution is -0.118. The van der Waals surface area contributed by atoms with E-state index in [4.69, 9.17) is 5.11 Å². The first-order chi connectivity index (χ1) is 12.7. The lowest BCUT2D eigenvalue weighted by Crippen LogP contribution is -2.27. The number of thioether (sulfide) groups is 1. The molecular weight excluding hydrogens is 354 g/mol. The summed E-state index contributed by atoms with van der Waals surface area (Å²) in [6.45, 7) is 0.706. The molecule has 2 heterocycles. The van der Waals surface area contributed by atoms with Crippen molar-refractivity contribution in [1.82, 2.24) is 25.1 Å². The van der Waals surface area contributed by atoms with Gasteiger partial charge in [-0.15, -0.1) is 0 Å². The first-order valence-corrected chi connectivity index (χ1v) is 9.16. The highest BCUT2D eigenvalue weighted by atomic mass is 32.2. The van der Waals surface area contributed by atoms with Gasteiger partial charge in [0.15, 0.2) is 10.8 Å². The number of hydrogen-bond acceptors (Lipinski definition) is 6. The molecule has 0 spiro atoms. The number of fused-ring (bicyclic) bond motifs is 1. The van der Waals surface area contributed by atoms with Gasteiger partial charge in [0.2, 0.25) is 5.91 Å². The molecule has 9 heteroatoms. The third-order valence-corrected chi connectivity index (χ3v) is 4.59. The van der Waals surface area contributed by atoms with Crippen LogP contribution in [-0.4, -0.2) is 49.7 Å². The monoisotopic (exact) mass is 373 g/mol. The second-order valence-electron chi connectivity index (χ2n) is 5.57. The van der Waals surface area contributed by atoms with Crippen LogP contribution in [-0.2, 0) is 17.8 Å². The normalized spacial score (nSPS) is 11.0. The lowest BCUT2D eigenvalue weighted by Gasteiger charge is -2.05. The van der Waals surface area contributed by atoms with Crippen molar-refractivity contribution < 1.29 is 9.90 Å². The zero-order valence-electron chi connectivity index (χ0n) is 14.0. The van der Waals surface area contributed by atoms with E-state index in [1.54, 1.807) is 0 Å². The van der Waals surface area contributed by atoms with E-state index in [9.17, 15) is 9.59 Å². The van der Waals surface area contributed by atoms with E-state index in [1.165, 1.54) is 10.9 Å². The maximum absolute atomic E-state index is 12.1. The lowest BCUT2D eigenvalue weighted by atomic mass is 10.1. The number of aromatic amines is 1. The molecule has 0 bridgehead atoms. The van der Waals surface area contributed by atoms with Crippen molar-refractivity contribution >= 4 is 28.7 Å². The number of carbonyl (C=O) groups is 1. The summed E-state index contributed by atoms with van der Waals surface area (Å²) in [5.74, 6) is 0.0229. The Morgan fingerprint density at radius 1 is 1.31 bits per heavy atom. The number of benzene rings is 1. The van der Waals surface area contributed by atoms with Crippen LogP contribution in [0.4, 0.5) is 0 Å². The summed E-state index contributed by atoms with van der Waals surface area (Å²) >= 11 is 1.15. The van der Waals surface area contributed by atoms with Gasteiger partial charge >= 0.3 is 0 Å². The maximum atomic E-state index is 12.1. The largest absolute Gasteiger partial charge is 0.394 e. The molecule has 3 N–H and O–H groups in total. The van der Waals surface area contributed by atoms with Crippen LogP contribution in [0.3, 0.4) is 0 Å². The molecule has 8 nitrogen and oxygen atoms in total. The molecule has 0 aliphatic rings. The second-order valence-corrected chi connectivity index (χ2v) is 6.54. The molecule has 0 aliphatic carbocycles. The summed E-state index contributed by atoms with van der Waals surface area (Å²) in [5.41, 5.74) is 1.25. The first-order valence-electron chi connectivity index (χ1n) is 8.17. The Balaban J connectivity index is 1.56. The molecule has 3 rings (SSSR count). The molecule has 0 fully saturated rings. The number of nitrogens with one attached hydrogen (secondary N) is 2. The van der Waals surface area contributed by atoms with Crippen molar-refractivity contribution in [1.29, 1.82) is 0 Å². The Hall–Kier alpha value is -2.65. The van der Waals surface area contributed by atoms with Crippen molar-refractivity contribution in [3.8, 4) is 0 Å². The van der Waals surface area contributed by atoms with Crippen molar-refractivity contribution in [3.05, 3.63) is 52.4 Å². The Morgan fingerprint density at radius 2 is 2.12 bits per heavy atom. The molecule has 0 aliphatic heterocycles. The quantitative estimate of drug-likeness (QED) is 0.393. The molecule has 2 aromatic heterocycles. The Kier molecular flexibility index (Phi) is 6.03. The van der Waals surface area contributed by atoms with Crippen LogP contribution >= 0.6 is 11.8 Å². The predicted octanol–water partition coefficient (Wildman–Crippen LogP) is 0.563. The third-order valence-electron chi connectivity index (χ3n) is 3.71. The van der Waals surface area contributed by atoms with Crippen molar-refractivity contribution in [2.24, 2.45) is 0 Å². The second kappa shape index (κ2) is 8.63. The van der Waals surface area contributed by atoms with Gasteiger partial charge in [-0.1, -0.05) is 42.1 Å². The number of aliphatic hydroxyl groups is 1. The molecule has 0 unspecified atom stereocenters. The number of carbonyl (C=O) groups excluding carboxylic acids is 1. The highest BCUT2D eigenvalue weighted by molar-refractivity contribution is 7.99. The molecule has 0 atom stereocenters. The zero-order valence-corrected chi connectivity index (χ0v) is 14.8. The van der Waals surface area contributed by atoms with Gasteiger partial charge in [0.25, 0.3) is 5.56 Å². The van der Waals surface area contributed by atoms with Gasteiger partial charge in [-0.2, -0.15) is 5.10 Å². The fourth-order valence-electron chi connectivity index (χ4n) is 2.45. The number of H-pyrrole nitrogens is 1. The Labute approximate surface area is 153 Å². The molecule has 0 saturated carbocycles. The summed E-state index contributed by atoms with van der Waals surface area (Å²) in [4.78, 5) is 31.0. The van der Waals surface area contributed by atoms with E-state index in [-0.39, 0.29) is 30.4 Å². The van der Waals surface area contributed by atoms with E-state index >= 15 is 0 Å². The van der Waals surface area contributed by atoms with Crippen LogP contribution in [0.2, 0.25) is 0 Å². The highest BCUT2D eigenvalue weighted by Gasteiger charge is 2.11. The van der Waals surface area contributed by atoms with E-state index in [0.29, 0.717) is 22.7 Å². The van der Waals surface area contributed by atoms with E-state index < -0.39 is 0 Å². The van der Waals surface area contributed by atoms with Gasteiger partial charge in [-0.3, -0.25) is 9.59 Å². The highest BCUT2D eigenvalue weighted by Crippen LogP contribution is 2.14. The van der Waals surface area contributed by atoms with Crippen molar-refractivity contribution in [2.45, 2.75) is 18.1 Å². The van der Waals surface area contributed by atoms with Crippen LogP contribution in [0.25, 0.3) is 11.0 Å². The van der Waals surface area contributed by atoms with Gasteiger partial charge in [0.1, 0.15) is 5.39 Å². The summed E-state index contributed by atoms with van der Waals surface area (Å²) in [6.07, 6.45) is 2.18. The number of aliphatic hydroxyl groups excluding tert-OH is 1. The standard InChI is InChI=1S/C17H19N5O3S/c23-9-8-22-15-13(10-19-22)16(25)21-17(20-15)26-11-14(24)18-7-6-12-4-2-1-3-5-12/h1-5,10,23H,6-9,11H2,(H,18,24)(H,20,21,25). The summed E-state index contributed by atoms with van der Waals surface area (Å²) in [5, 5.41) is 16.6. The molecule has 3 aromatic rings. The SMILES string of the molecule is O=C(CSc1nc2c(cnn2CCO)c(=O)[nH]1)NCCc1ccccc1. The van der Waals surface area contributed by atoms with Crippen molar-refractivity contribution in [3.63, 3.8) is 0 Å². The topological polar surface area (TPSA) is 113 Å². The fraction of sp³-hybridized carbons (Fsp3) is 0.294. The van der Waals surface area contributed by atoms with E-state index in [0.717, 1.165) is 23.7 Å². The fourth-order valence-corrected chi connectivity index (χ4v) is 3.13. The predicted molar refractivity (Wildman–Crippen MR) is 99.1 cm³/mol. The number of amides is 1. The minimum absolute atomic E-state index is 0.0996. The number of aromatic nitrogens is 4. The summed E-state index contributed by atoms with van der Waals surface area (Å²) in [7, 11) is 0. The van der Waals surface area contributed by atoms with Gasteiger partial charge < -0.3 is 15.4 Å². The van der Waals surface area contributed by atoms with E-state index in [1.807, 2.05) is 30.3 Å². The van der Waals surface area contributed by atoms with Crippen LogP contribution < -0.4 is 10.9 Å². The molecule has 0 saturated heterocycles. The minimum Gasteiger partial charge on any atom is -0.394 e. The van der Waals surface area contributed by atoms with Crippen LogP contribution in [0.15, 0.2) is 46.5 Å². The molecule has 136 valence electrons. The zero-order chi connectivity index (χ0) is 18.4. The molecular formula is C17H19N5O3S. The maximum Gasteiger partial charge on any atom is 0.262 e. The molecule has 0 radical (unpaired) electrons. The van der Waals surface area contributed by atoms with Gasteiger partial charge in [0.05, 0.1) is 25.1 Å². The third kappa shape index (κ3) is 4.50. The van der Waals surface area contributed by atoms with Crippen molar-refractivity contribution in [2.75, 3.05) is 18.9 Å². The van der Waals surface area contributed by atoms with Gasteiger partial charge in [-0.25, -0.2) is 9.67 Å². The molecule has 1 amide bonds. The van der Waals surface area contributed by atoms with Crippen LogP contribution in [0.1, 0.15) is 5.56 Å².